The van der Waals surface area contributed by atoms with Crippen molar-refractivity contribution in [1.82, 2.24) is 15.5 Å². The van der Waals surface area contributed by atoms with E-state index in [4.69, 9.17) is 5.73 Å². The van der Waals surface area contributed by atoms with Crippen LogP contribution in [0.4, 0.5) is 0 Å². The molecule has 2 aliphatic carbocycles. The molecule has 2 atom stereocenters. The third kappa shape index (κ3) is 2.94. The van der Waals surface area contributed by atoms with Crippen molar-refractivity contribution in [1.29, 1.82) is 0 Å². The molecule has 0 bridgehead atoms. The second-order valence-corrected chi connectivity index (χ2v) is 6.82. The Hall–Kier alpha value is -1.65. The Kier molecular flexibility index (Phi) is 3.72. The molecule has 0 spiro atoms. The number of hydrogen-bond acceptors (Lipinski definition) is 3. The summed E-state index contributed by atoms with van der Waals surface area (Å²) in [5.74, 6) is 0.686. The average molecular weight is 296 g/mol. The molecule has 22 heavy (non-hydrogen) atoms. The van der Waals surface area contributed by atoms with Gasteiger partial charge in [0.25, 0.3) is 0 Å². The van der Waals surface area contributed by atoms with Crippen molar-refractivity contribution >= 4 is 0 Å². The molecule has 0 saturated heterocycles. The van der Waals surface area contributed by atoms with Gasteiger partial charge < -0.3 is 11.1 Å². The maximum absolute atomic E-state index is 5.98. The second-order valence-electron chi connectivity index (χ2n) is 6.82. The molecule has 2 saturated carbocycles. The maximum Gasteiger partial charge on any atom is 0.0650 e. The molecule has 0 radical (unpaired) electrons. The smallest absolute Gasteiger partial charge is 0.0650 e. The molecule has 116 valence electrons. The average Bonchev–Trinajstić information content (AvgIpc) is 3.09. The molecule has 1 heterocycles. The standard InChI is InChI=1S/C18H24N4/c19-14-5-7-15(8-6-14)21-18-11-16(18)12-1-3-13(4-2-12)17-9-10-20-22-17/h1-4,9-10,14-16,18,21H,5-8,11,19H2,(H,20,22)/t14-,15+,16-,18+/m1/s1. The van der Waals surface area contributed by atoms with Crippen LogP contribution in [0.1, 0.15) is 43.6 Å². The number of rotatable bonds is 4. The molecular formula is C18H24N4. The van der Waals surface area contributed by atoms with Crippen LogP contribution in [-0.4, -0.2) is 28.3 Å². The van der Waals surface area contributed by atoms with E-state index >= 15 is 0 Å². The Balaban J connectivity index is 1.34. The Labute approximate surface area is 131 Å². The zero-order chi connectivity index (χ0) is 14.9. The third-order valence-electron chi connectivity index (χ3n) is 5.16. The predicted octanol–water partition coefficient (Wildman–Crippen LogP) is 2.79. The van der Waals surface area contributed by atoms with Crippen LogP contribution in [0.3, 0.4) is 0 Å². The lowest BCUT2D eigenvalue weighted by atomic mass is 9.92. The van der Waals surface area contributed by atoms with Crippen LogP contribution in [0.25, 0.3) is 11.3 Å². The molecule has 2 aromatic rings. The molecule has 0 aliphatic heterocycles. The molecule has 4 N–H and O–H groups in total. The van der Waals surface area contributed by atoms with Crippen molar-refractivity contribution < 1.29 is 0 Å². The van der Waals surface area contributed by atoms with Crippen molar-refractivity contribution in [3.63, 3.8) is 0 Å². The monoisotopic (exact) mass is 296 g/mol. The first-order chi connectivity index (χ1) is 10.8. The van der Waals surface area contributed by atoms with Crippen LogP contribution in [0, 0.1) is 0 Å². The van der Waals surface area contributed by atoms with Crippen LogP contribution >= 0.6 is 0 Å². The molecule has 1 aromatic heterocycles. The van der Waals surface area contributed by atoms with Crippen molar-refractivity contribution in [2.24, 2.45) is 5.73 Å². The van der Waals surface area contributed by atoms with Gasteiger partial charge in [-0.2, -0.15) is 5.10 Å². The molecular weight excluding hydrogens is 272 g/mol. The summed E-state index contributed by atoms with van der Waals surface area (Å²) in [4.78, 5) is 0. The third-order valence-corrected chi connectivity index (χ3v) is 5.16. The minimum atomic E-state index is 0.433. The molecule has 0 amide bonds. The lowest BCUT2D eigenvalue weighted by Crippen LogP contribution is -2.38. The van der Waals surface area contributed by atoms with E-state index in [2.05, 4.69) is 39.8 Å². The summed E-state index contributed by atoms with van der Waals surface area (Å²) < 4.78 is 0. The van der Waals surface area contributed by atoms with E-state index < -0.39 is 0 Å². The predicted molar refractivity (Wildman–Crippen MR) is 88.5 cm³/mol. The van der Waals surface area contributed by atoms with E-state index in [-0.39, 0.29) is 0 Å². The Morgan fingerprint density at radius 2 is 1.82 bits per heavy atom. The van der Waals surface area contributed by atoms with Gasteiger partial charge in [-0.05, 0) is 49.3 Å². The van der Waals surface area contributed by atoms with Crippen molar-refractivity contribution in [3.05, 3.63) is 42.1 Å². The highest BCUT2D eigenvalue weighted by atomic mass is 15.1. The number of nitrogens with two attached hydrogens (primary N) is 1. The van der Waals surface area contributed by atoms with Crippen LogP contribution < -0.4 is 11.1 Å². The maximum atomic E-state index is 5.98. The van der Waals surface area contributed by atoms with Gasteiger partial charge in [-0.3, -0.25) is 5.10 Å². The summed E-state index contributed by atoms with van der Waals surface area (Å²) in [5.41, 5.74) is 9.71. The van der Waals surface area contributed by atoms with Gasteiger partial charge in [0.2, 0.25) is 0 Å². The largest absolute Gasteiger partial charge is 0.328 e. The molecule has 2 aliphatic rings. The van der Waals surface area contributed by atoms with Crippen LogP contribution in [0.5, 0.6) is 0 Å². The van der Waals surface area contributed by atoms with E-state index in [0.717, 1.165) is 5.69 Å². The van der Waals surface area contributed by atoms with Gasteiger partial charge in [0, 0.05) is 30.2 Å². The normalized spacial score (nSPS) is 31.1. The highest BCUT2D eigenvalue weighted by molar-refractivity contribution is 5.59. The summed E-state index contributed by atoms with van der Waals surface area (Å²) in [6, 6.07) is 12.7. The number of hydrogen-bond donors (Lipinski definition) is 3. The number of aromatic nitrogens is 2. The summed E-state index contributed by atoms with van der Waals surface area (Å²) in [6.07, 6.45) is 7.89. The Morgan fingerprint density at radius 1 is 1.05 bits per heavy atom. The van der Waals surface area contributed by atoms with Crippen molar-refractivity contribution in [2.45, 2.75) is 56.1 Å². The van der Waals surface area contributed by atoms with Gasteiger partial charge in [0.05, 0.1) is 5.69 Å². The first-order valence-corrected chi connectivity index (χ1v) is 8.41. The first-order valence-electron chi connectivity index (χ1n) is 8.41. The van der Waals surface area contributed by atoms with Gasteiger partial charge >= 0.3 is 0 Å². The number of benzene rings is 1. The van der Waals surface area contributed by atoms with Crippen LogP contribution in [-0.2, 0) is 0 Å². The van der Waals surface area contributed by atoms with Gasteiger partial charge in [0.1, 0.15) is 0 Å². The summed E-state index contributed by atoms with van der Waals surface area (Å²) in [7, 11) is 0. The lowest BCUT2D eigenvalue weighted by Gasteiger charge is -2.27. The molecule has 4 nitrogen and oxygen atoms in total. The fourth-order valence-electron chi connectivity index (χ4n) is 3.66. The summed E-state index contributed by atoms with van der Waals surface area (Å²) in [5, 5.41) is 10.9. The Morgan fingerprint density at radius 3 is 2.50 bits per heavy atom. The highest BCUT2D eigenvalue weighted by Gasteiger charge is 2.39. The van der Waals surface area contributed by atoms with E-state index in [9.17, 15) is 0 Å². The molecule has 4 rings (SSSR count). The van der Waals surface area contributed by atoms with E-state index in [0.29, 0.717) is 24.0 Å². The van der Waals surface area contributed by atoms with E-state index in [1.54, 1.807) is 6.20 Å². The van der Waals surface area contributed by atoms with Gasteiger partial charge in [0.15, 0.2) is 0 Å². The van der Waals surface area contributed by atoms with Crippen LogP contribution in [0.2, 0.25) is 0 Å². The quantitative estimate of drug-likeness (QED) is 0.813. The zero-order valence-electron chi connectivity index (χ0n) is 12.8. The fourth-order valence-corrected chi connectivity index (χ4v) is 3.66. The number of nitrogens with zero attached hydrogens (tertiary/aromatic N) is 1. The Bertz CT molecular complexity index is 597. The summed E-state index contributed by atoms with van der Waals surface area (Å²) in [6.45, 7) is 0. The van der Waals surface area contributed by atoms with Gasteiger partial charge in [-0.1, -0.05) is 24.3 Å². The molecule has 0 unspecified atom stereocenters. The highest BCUT2D eigenvalue weighted by Crippen LogP contribution is 2.42. The van der Waals surface area contributed by atoms with Gasteiger partial charge in [-0.25, -0.2) is 0 Å². The minimum Gasteiger partial charge on any atom is -0.328 e. The number of aromatic amines is 1. The van der Waals surface area contributed by atoms with E-state index in [1.165, 1.54) is 43.2 Å². The molecule has 4 heteroatoms. The fraction of sp³-hybridized carbons (Fsp3) is 0.500. The minimum absolute atomic E-state index is 0.433. The van der Waals surface area contributed by atoms with Gasteiger partial charge in [-0.15, -0.1) is 0 Å². The number of H-pyrrole nitrogens is 1. The van der Waals surface area contributed by atoms with Crippen molar-refractivity contribution in [3.8, 4) is 11.3 Å². The topological polar surface area (TPSA) is 66.7 Å². The zero-order valence-corrected chi connectivity index (χ0v) is 12.8. The van der Waals surface area contributed by atoms with Crippen molar-refractivity contribution in [2.75, 3.05) is 0 Å². The lowest BCUT2D eigenvalue weighted by molar-refractivity contribution is 0.339. The molecule has 1 aromatic carbocycles. The SMILES string of the molecule is N[C@H]1CC[C@@H](N[C@H]2C[C@@H]2c2ccc(-c3ccn[nH]3)cc2)CC1. The second kappa shape index (κ2) is 5.86. The van der Waals surface area contributed by atoms with E-state index in [1.807, 2.05) is 6.07 Å². The van der Waals surface area contributed by atoms with Crippen LogP contribution in [0.15, 0.2) is 36.5 Å². The first kappa shape index (κ1) is 14.0. The number of nitrogens with one attached hydrogen (secondary N) is 2. The summed E-state index contributed by atoms with van der Waals surface area (Å²) >= 11 is 0. The molecule has 2 fully saturated rings.